The Kier molecular flexibility index (Phi) is 3.45. The van der Waals surface area contributed by atoms with Crippen LogP contribution in [0.4, 0.5) is 0 Å². The van der Waals surface area contributed by atoms with Crippen LogP contribution < -0.4 is 5.73 Å². The lowest BCUT2D eigenvalue weighted by Gasteiger charge is -2.40. The van der Waals surface area contributed by atoms with Crippen LogP contribution in [0.3, 0.4) is 0 Å². The van der Waals surface area contributed by atoms with E-state index in [0.717, 1.165) is 6.54 Å². The largest absolute Gasteiger partial charge is 0.330 e. The smallest absolute Gasteiger partial charge is 0.000653 e. The first-order valence-corrected chi connectivity index (χ1v) is 6.27. The Morgan fingerprint density at radius 1 is 1.00 bits per heavy atom. The molecule has 0 unspecified atom stereocenters. The molecular weight excluding hydrogens is 172 g/mol. The fourth-order valence-electron chi connectivity index (χ4n) is 2.86. The van der Waals surface area contributed by atoms with E-state index >= 15 is 0 Å². The maximum absolute atomic E-state index is 5.97. The zero-order chi connectivity index (χ0) is 9.86. The lowest BCUT2D eigenvalue weighted by Crippen LogP contribution is -2.42. The second-order valence-corrected chi connectivity index (χ2v) is 5.21. The molecule has 2 nitrogen and oxygen atoms in total. The highest BCUT2D eigenvalue weighted by atomic mass is 15.2. The Labute approximate surface area is 87.8 Å². The zero-order valence-electron chi connectivity index (χ0n) is 9.30. The molecule has 1 heterocycles. The van der Waals surface area contributed by atoms with Gasteiger partial charge in [-0.3, -0.25) is 0 Å². The Bertz CT molecular complexity index is 169. The fraction of sp³-hybridized carbons (Fsp3) is 1.00. The average molecular weight is 196 g/mol. The second-order valence-electron chi connectivity index (χ2n) is 5.21. The van der Waals surface area contributed by atoms with E-state index in [1.807, 2.05) is 0 Å². The molecule has 2 fully saturated rings. The van der Waals surface area contributed by atoms with Gasteiger partial charge in [-0.2, -0.15) is 0 Å². The van der Waals surface area contributed by atoms with E-state index in [0.29, 0.717) is 5.41 Å². The summed E-state index contributed by atoms with van der Waals surface area (Å²) in [4.78, 5) is 2.58. The summed E-state index contributed by atoms with van der Waals surface area (Å²) >= 11 is 0. The maximum Gasteiger partial charge on any atom is -0.000653 e. The van der Waals surface area contributed by atoms with Gasteiger partial charge in [0.1, 0.15) is 0 Å². The summed E-state index contributed by atoms with van der Waals surface area (Å²) in [5.74, 6) is 0. The summed E-state index contributed by atoms with van der Waals surface area (Å²) in [5.41, 5.74) is 6.49. The van der Waals surface area contributed by atoms with Crippen molar-refractivity contribution in [2.75, 3.05) is 26.2 Å². The Hall–Kier alpha value is -0.0800. The van der Waals surface area contributed by atoms with Crippen LogP contribution in [-0.2, 0) is 0 Å². The van der Waals surface area contributed by atoms with Gasteiger partial charge in [0.25, 0.3) is 0 Å². The third-order valence-corrected chi connectivity index (χ3v) is 4.25. The number of likely N-dealkylation sites (tertiary alicyclic amines) is 1. The van der Waals surface area contributed by atoms with Crippen LogP contribution in [0.15, 0.2) is 0 Å². The predicted molar refractivity (Wildman–Crippen MR) is 60.2 cm³/mol. The van der Waals surface area contributed by atoms with E-state index in [9.17, 15) is 0 Å². The highest BCUT2D eigenvalue weighted by Gasteiger charge is 2.31. The first-order valence-electron chi connectivity index (χ1n) is 6.27. The number of hydrogen-bond donors (Lipinski definition) is 1. The molecule has 82 valence electrons. The van der Waals surface area contributed by atoms with E-state index in [4.69, 9.17) is 5.73 Å². The van der Waals surface area contributed by atoms with Gasteiger partial charge in [-0.05, 0) is 57.3 Å². The molecule has 0 aromatic heterocycles. The summed E-state index contributed by atoms with van der Waals surface area (Å²) in [7, 11) is 0. The number of rotatable bonds is 4. The van der Waals surface area contributed by atoms with Gasteiger partial charge >= 0.3 is 0 Å². The van der Waals surface area contributed by atoms with Gasteiger partial charge in [-0.25, -0.2) is 0 Å². The van der Waals surface area contributed by atoms with Crippen LogP contribution >= 0.6 is 0 Å². The molecule has 1 aliphatic heterocycles. The topological polar surface area (TPSA) is 29.3 Å². The minimum atomic E-state index is 0.522. The minimum Gasteiger partial charge on any atom is -0.330 e. The standard InChI is InChI=1S/C12H24N2/c13-11-12(5-2-1-3-6-12)7-10-14-8-4-9-14/h1-11,13H2. The quantitative estimate of drug-likeness (QED) is 0.745. The van der Waals surface area contributed by atoms with Crippen molar-refractivity contribution < 1.29 is 0 Å². The number of nitrogens with two attached hydrogens (primary N) is 1. The van der Waals surface area contributed by atoms with Gasteiger partial charge in [0.2, 0.25) is 0 Å². The first-order chi connectivity index (χ1) is 6.85. The summed E-state index contributed by atoms with van der Waals surface area (Å²) in [6.45, 7) is 4.89. The van der Waals surface area contributed by atoms with Gasteiger partial charge in [-0.15, -0.1) is 0 Å². The van der Waals surface area contributed by atoms with Crippen LogP contribution in [0.25, 0.3) is 0 Å². The molecule has 2 N–H and O–H groups in total. The Morgan fingerprint density at radius 3 is 2.21 bits per heavy atom. The molecule has 0 radical (unpaired) electrons. The molecule has 0 spiro atoms. The number of hydrogen-bond acceptors (Lipinski definition) is 2. The van der Waals surface area contributed by atoms with Crippen LogP contribution in [-0.4, -0.2) is 31.1 Å². The molecule has 1 saturated heterocycles. The van der Waals surface area contributed by atoms with Crippen molar-refractivity contribution in [3.8, 4) is 0 Å². The average Bonchev–Trinajstić information content (AvgIpc) is 2.17. The molecule has 0 aromatic carbocycles. The van der Waals surface area contributed by atoms with Crippen LogP contribution in [0.5, 0.6) is 0 Å². The molecule has 14 heavy (non-hydrogen) atoms. The van der Waals surface area contributed by atoms with Crippen molar-refractivity contribution in [3.63, 3.8) is 0 Å². The molecular formula is C12H24N2. The Morgan fingerprint density at radius 2 is 1.71 bits per heavy atom. The summed E-state index contributed by atoms with van der Waals surface area (Å²) in [6, 6.07) is 0. The molecule has 0 amide bonds. The zero-order valence-corrected chi connectivity index (χ0v) is 9.30. The minimum absolute atomic E-state index is 0.522. The number of nitrogens with zero attached hydrogens (tertiary/aromatic N) is 1. The summed E-state index contributed by atoms with van der Waals surface area (Å²) in [6.07, 6.45) is 9.80. The molecule has 2 heteroatoms. The van der Waals surface area contributed by atoms with E-state index in [1.165, 1.54) is 64.6 Å². The monoisotopic (exact) mass is 196 g/mol. The molecule has 1 saturated carbocycles. The fourth-order valence-corrected chi connectivity index (χ4v) is 2.86. The SMILES string of the molecule is NCC1(CCN2CCC2)CCCCC1. The third-order valence-electron chi connectivity index (χ3n) is 4.25. The van der Waals surface area contributed by atoms with Gasteiger partial charge in [0, 0.05) is 0 Å². The van der Waals surface area contributed by atoms with E-state index < -0.39 is 0 Å². The summed E-state index contributed by atoms with van der Waals surface area (Å²) < 4.78 is 0. The van der Waals surface area contributed by atoms with Crippen LogP contribution in [0.1, 0.15) is 44.9 Å². The van der Waals surface area contributed by atoms with Crippen molar-refractivity contribution in [1.82, 2.24) is 4.90 Å². The van der Waals surface area contributed by atoms with E-state index in [1.54, 1.807) is 0 Å². The molecule has 0 bridgehead atoms. The molecule has 1 aliphatic carbocycles. The molecule has 2 aliphatic rings. The van der Waals surface area contributed by atoms with Crippen molar-refractivity contribution in [2.24, 2.45) is 11.1 Å². The third kappa shape index (κ3) is 2.29. The van der Waals surface area contributed by atoms with Crippen LogP contribution in [0.2, 0.25) is 0 Å². The first kappa shape index (κ1) is 10.4. The van der Waals surface area contributed by atoms with Crippen molar-refractivity contribution in [1.29, 1.82) is 0 Å². The van der Waals surface area contributed by atoms with E-state index in [-0.39, 0.29) is 0 Å². The highest BCUT2D eigenvalue weighted by Crippen LogP contribution is 2.38. The lowest BCUT2D eigenvalue weighted by molar-refractivity contribution is 0.115. The predicted octanol–water partition coefficient (Wildman–Crippen LogP) is 1.99. The van der Waals surface area contributed by atoms with Gasteiger partial charge in [0.05, 0.1) is 0 Å². The normalized spacial score (nSPS) is 27.2. The van der Waals surface area contributed by atoms with Gasteiger partial charge in [-0.1, -0.05) is 19.3 Å². The maximum atomic E-state index is 5.97. The molecule has 2 rings (SSSR count). The van der Waals surface area contributed by atoms with Crippen molar-refractivity contribution in [3.05, 3.63) is 0 Å². The Balaban J connectivity index is 1.77. The van der Waals surface area contributed by atoms with Gasteiger partial charge in [0.15, 0.2) is 0 Å². The van der Waals surface area contributed by atoms with Crippen molar-refractivity contribution in [2.45, 2.75) is 44.9 Å². The van der Waals surface area contributed by atoms with Crippen molar-refractivity contribution >= 4 is 0 Å². The molecule has 0 atom stereocenters. The highest BCUT2D eigenvalue weighted by molar-refractivity contribution is 4.85. The van der Waals surface area contributed by atoms with E-state index in [2.05, 4.69) is 4.90 Å². The summed E-state index contributed by atoms with van der Waals surface area (Å²) in [5, 5.41) is 0. The lowest BCUT2D eigenvalue weighted by atomic mass is 9.72. The van der Waals surface area contributed by atoms with Gasteiger partial charge < -0.3 is 10.6 Å². The second kappa shape index (κ2) is 4.63. The van der Waals surface area contributed by atoms with Crippen LogP contribution in [0, 0.1) is 5.41 Å². The molecule has 0 aromatic rings.